The van der Waals surface area contributed by atoms with E-state index in [4.69, 9.17) is 5.73 Å². The van der Waals surface area contributed by atoms with E-state index in [1.54, 1.807) is 11.1 Å². The Kier molecular flexibility index (Phi) is 2.29. The van der Waals surface area contributed by atoms with Gasteiger partial charge in [-0.2, -0.15) is 0 Å². The van der Waals surface area contributed by atoms with E-state index in [2.05, 4.69) is 19.1 Å². The normalized spacial score (nSPS) is 28.7. The second-order valence-electron chi connectivity index (χ2n) is 4.78. The van der Waals surface area contributed by atoms with Crippen molar-refractivity contribution in [1.29, 1.82) is 0 Å². The first kappa shape index (κ1) is 9.73. The largest absolute Gasteiger partial charge is 0.324 e. The van der Waals surface area contributed by atoms with Crippen molar-refractivity contribution >= 4 is 11.8 Å². The molecule has 1 heterocycles. The van der Waals surface area contributed by atoms with E-state index in [-0.39, 0.29) is 6.04 Å². The summed E-state index contributed by atoms with van der Waals surface area (Å²) in [5.74, 6) is 0. The van der Waals surface area contributed by atoms with Crippen molar-refractivity contribution in [3.8, 4) is 0 Å². The minimum Gasteiger partial charge on any atom is -0.324 e. The zero-order valence-corrected chi connectivity index (χ0v) is 9.94. The molecule has 3 rings (SSSR count). The summed E-state index contributed by atoms with van der Waals surface area (Å²) in [7, 11) is 0. The molecule has 1 aromatic rings. The molecule has 0 fully saturated rings. The topological polar surface area (TPSA) is 26.0 Å². The third-order valence-corrected chi connectivity index (χ3v) is 4.74. The van der Waals surface area contributed by atoms with Gasteiger partial charge in [0.15, 0.2) is 0 Å². The molecule has 1 aromatic carbocycles. The molecular weight excluding hydrogens is 202 g/mol. The molecule has 0 saturated carbocycles. The Hall–Kier alpha value is -0.470. The van der Waals surface area contributed by atoms with Gasteiger partial charge < -0.3 is 5.73 Å². The van der Waals surface area contributed by atoms with Crippen molar-refractivity contribution in [2.45, 2.75) is 48.8 Å². The van der Waals surface area contributed by atoms with E-state index < -0.39 is 0 Å². The standard InChI is InChI=1S/C13H17NS/c1-8-5-12(14)11-6-9-3-2-4-10(9)7-13(11)15-8/h6-8,12H,2-5,14H2,1H3. The predicted octanol–water partition coefficient (Wildman–Crippen LogP) is 3.06. The van der Waals surface area contributed by atoms with Crippen LogP contribution in [0, 0.1) is 0 Å². The maximum atomic E-state index is 6.22. The Labute approximate surface area is 95.4 Å². The second kappa shape index (κ2) is 3.53. The lowest BCUT2D eigenvalue weighted by molar-refractivity contribution is 0.624. The van der Waals surface area contributed by atoms with Crippen molar-refractivity contribution in [1.82, 2.24) is 0 Å². The Bertz CT molecular complexity index is 400. The van der Waals surface area contributed by atoms with E-state index >= 15 is 0 Å². The Morgan fingerprint density at radius 1 is 1.27 bits per heavy atom. The number of rotatable bonds is 0. The lowest BCUT2D eigenvalue weighted by Gasteiger charge is -2.27. The van der Waals surface area contributed by atoms with Gasteiger partial charge in [-0.05, 0) is 48.4 Å². The average molecular weight is 219 g/mol. The molecule has 2 N–H and O–H groups in total. The van der Waals surface area contributed by atoms with E-state index in [0.717, 1.165) is 6.42 Å². The van der Waals surface area contributed by atoms with Gasteiger partial charge in [0, 0.05) is 16.2 Å². The highest BCUT2D eigenvalue weighted by Crippen LogP contribution is 2.42. The molecule has 2 atom stereocenters. The molecule has 0 spiro atoms. The number of fused-ring (bicyclic) bond motifs is 2. The molecule has 1 aliphatic carbocycles. The quantitative estimate of drug-likeness (QED) is 0.725. The van der Waals surface area contributed by atoms with Crippen molar-refractivity contribution in [2.75, 3.05) is 0 Å². The van der Waals surface area contributed by atoms with Gasteiger partial charge in [-0.15, -0.1) is 11.8 Å². The van der Waals surface area contributed by atoms with Gasteiger partial charge in [-0.1, -0.05) is 13.0 Å². The van der Waals surface area contributed by atoms with Crippen LogP contribution in [-0.4, -0.2) is 5.25 Å². The predicted molar refractivity (Wildman–Crippen MR) is 65.3 cm³/mol. The van der Waals surface area contributed by atoms with Crippen molar-refractivity contribution in [2.24, 2.45) is 5.73 Å². The smallest absolute Gasteiger partial charge is 0.0316 e. The van der Waals surface area contributed by atoms with Crippen molar-refractivity contribution < 1.29 is 0 Å². The molecule has 2 aliphatic rings. The summed E-state index contributed by atoms with van der Waals surface area (Å²) < 4.78 is 0. The molecule has 80 valence electrons. The van der Waals surface area contributed by atoms with E-state index in [1.165, 1.54) is 29.7 Å². The monoisotopic (exact) mass is 219 g/mol. The van der Waals surface area contributed by atoms with Gasteiger partial charge in [0.05, 0.1) is 0 Å². The number of nitrogens with two attached hydrogens (primary N) is 1. The summed E-state index contributed by atoms with van der Waals surface area (Å²) in [5.41, 5.74) is 10.7. The molecule has 2 unspecified atom stereocenters. The zero-order valence-electron chi connectivity index (χ0n) is 9.12. The van der Waals surface area contributed by atoms with Crippen LogP contribution < -0.4 is 5.73 Å². The summed E-state index contributed by atoms with van der Waals surface area (Å²) in [4.78, 5) is 1.45. The number of hydrogen-bond donors (Lipinski definition) is 1. The Balaban J connectivity index is 2.09. The van der Waals surface area contributed by atoms with E-state index in [0.29, 0.717) is 5.25 Å². The molecule has 15 heavy (non-hydrogen) atoms. The molecule has 0 amide bonds. The summed E-state index contributed by atoms with van der Waals surface area (Å²) in [6.45, 7) is 2.28. The maximum absolute atomic E-state index is 6.22. The molecular formula is C13H17NS. The molecule has 1 nitrogen and oxygen atoms in total. The molecule has 0 bridgehead atoms. The second-order valence-corrected chi connectivity index (χ2v) is 6.26. The first-order valence-electron chi connectivity index (χ1n) is 5.82. The van der Waals surface area contributed by atoms with Gasteiger partial charge in [0.2, 0.25) is 0 Å². The Morgan fingerprint density at radius 2 is 2.00 bits per heavy atom. The average Bonchev–Trinajstić information content (AvgIpc) is 2.61. The van der Waals surface area contributed by atoms with Gasteiger partial charge in [-0.3, -0.25) is 0 Å². The summed E-state index contributed by atoms with van der Waals surface area (Å²) in [6, 6.07) is 5.04. The molecule has 2 heteroatoms. The Morgan fingerprint density at radius 3 is 2.80 bits per heavy atom. The van der Waals surface area contributed by atoms with Crippen LogP contribution in [-0.2, 0) is 12.8 Å². The van der Waals surface area contributed by atoms with Crippen LogP contribution >= 0.6 is 11.8 Å². The highest BCUT2D eigenvalue weighted by Gasteiger charge is 2.25. The molecule has 0 radical (unpaired) electrons. The lowest BCUT2D eigenvalue weighted by Crippen LogP contribution is -2.20. The van der Waals surface area contributed by atoms with Crippen LogP contribution in [0.2, 0.25) is 0 Å². The molecule has 0 saturated heterocycles. The fourth-order valence-corrected chi connectivity index (χ4v) is 4.06. The first-order valence-corrected chi connectivity index (χ1v) is 6.70. The van der Waals surface area contributed by atoms with E-state index in [1.807, 2.05) is 11.8 Å². The van der Waals surface area contributed by atoms with E-state index in [9.17, 15) is 0 Å². The van der Waals surface area contributed by atoms with Crippen LogP contribution in [0.15, 0.2) is 17.0 Å². The fraction of sp³-hybridized carbons (Fsp3) is 0.538. The lowest BCUT2D eigenvalue weighted by atomic mass is 9.98. The number of benzene rings is 1. The SMILES string of the molecule is CC1CC(N)c2cc3c(cc2S1)CCC3. The van der Waals surface area contributed by atoms with Crippen molar-refractivity contribution in [3.05, 3.63) is 28.8 Å². The minimum absolute atomic E-state index is 0.266. The highest BCUT2D eigenvalue weighted by atomic mass is 32.2. The summed E-state index contributed by atoms with van der Waals surface area (Å²) >= 11 is 2.00. The van der Waals surface area contributed by atoms with Gasteiger partial charge in [-0.25, -0.2) is 0 Å². The third-order valence-electron chi connectivity index (χ3n) is 3.54. The zero-order chi connectivity index (χ0) is 10.4. The van der Waals surface area contributed by atoms with Crippen LogP contribution in [0.3, 0.4) is 0 Å². The third kappa shape index (κ3) is 1.60. The molecule has 1 aliphatic heterocycles. The van der Waals surface area contributed by atoms with Crippen LogP contribution in [0.4, 0.5) is 0 Å². The highest BCUT2D eigenvalue weighted by molar-refractivity contribution is 8.00. The summed E-state index contributed by atoms with van der Waals surface area (Å²) in [6.07, 6.45) is 4.98. The fourth-order valence-electron chi connectivity index (χ4n) is 2.76. The van der Waals surface area contributed by atoms with Gasteiger partial charge >= 0.3 is 0 Å². The van der Waals surface area contributed by atoms with Crippen LogP contribution in [0.5, 0.6) is 0 Å². The first-order chi connectivity index (χ1) is 7.24. The molecule has 0 aromatic heterocycles. The van der Waals surface area contributed by atoms with Gasteiger partial charge in [0.25, 0.3) is 0 Å². The van der Waals surface area contributed by atoms with Crippen molar-refractivity contribution in [3.63, 3.8) is 0 Å². The number of aryl methyl sites for hydroxylation is 2. The minimum atomic E-state index is 0.266. The number of thioether (sulfide) groups is 1. The van der Waals surface area contributed by atoms with Crippen LogP contribution in [0.1, 0.15) is 42.5 Å². The summed E-state index contributed by atoms with van der Waals surface area (Å²) in [5, 5.41) is 0.673. The number of hydrogen-bond acceptors (Lipinski definition) is 2. The van der Waals surface area contributed by atoms with Gasteiger partial charge in [0.1, 0.15) is 0 Å². The maximum Gasteiger partial charge on any atom is 0.0316 e. The van der Waals surface area contributed by atoms with Crippen LogP contribution in [0.25, 0.3) is 0 Å².